The summed E-state index contributed by atoms with van der Waals surface area (Å²) in [5.74, 6) is -0.753. The lowest BCUT2D eigenvalue weighted by molar-refractivity contribution is 0.0599. The molecule has 3 aromatic rings. The van der Waals surface area contributed by atoms with Crippen LogP contribution in [0.25, 0.3) is 10.9 Å². The third kappa shape index (κ3) is 2.78. The third-order valence-electron chi connectivity index (χ3n) is 3.70. The van der Waals surface area contributed by atoms with Gasteiger partial charge in [0.1, 0.15) is 5.56 Å². The Morgan fingerprint density at radius 2 is 2.12 bits per heavy atom. The van der Waals surface area contributed by atoms with Crippen molar-refractivity contribution in [3.05, 3.63) is 68.7 Å². The first-order chi connectivity index (χ1) is 11.5. The Balaban J connectivity index is 2.34. The van der Waals surface area contributed by atoms with Gasteiger partial charge in [-0.3, -0.25) is 9.78 Å². The highest BCUT2D eigenvalue weighted by Gasteiger charge is 2.21. The van der Waals surface area contributed by atoms with Gasteiger partial charge in [-0.2, -0.15) is 0 Å². The van der Waals surface area contributed by atoms with Gasteiger partial charge in [0.15, 0.2) is 0 Å². The summed E-state index contributed by atoms with van der Waals surface area (Å²) in [7, 11) is 1.22. The highest BCUT2D eigenvalue weighted by Crippen LogP contribution is 2.26. The molecule has 0 atom stereocenters. The van der Waals surface area contributed by atoms with Gasteiger partial charge in [0.25, 0.3) is 5.56 Å². The fraction of sp³-hybridized carbons (Fsp3) is 0.118. The van der Waals surface area contributed by atoms with Gasteiger partial charge in [-0.1, -0.05) is 22.0 Å². The number of aromatic nitrogens is 2. The molecule has 0 aliphatic heterocycles. The molecular formula is C17H14BrN3O3. The molecule has 0 aliphatic rings. The lowest BCUT2D eigenvalue weighted by Crippen LogP contribution is -2.29. The SMILES string of the molecule is COC(=O)c1c(N)c2ccc(Br)cc2n(Cc2ccccn2)c1=O. The predicted octanol–water partition coefficient (Wildman–Crippen LogP) is 2.58. The number of benzene rings is 1. The van der Waals surface area contributed by atoms with Crippen molar-refractivity contribution in [1.82, 2.24) is 9.55 Å². The van der Waals surface area contributed by atoms with Gasteiger partial charge >= 0.3 is 5.97 Å². The van der Waals surface area contributed by atoms with E-state index in [-0.39, 0.29) is 17.8 Å². The molecule has 7 heteroatoms. The van der Waals surface area contributed by atoms with Crippen molar-refractivity contribution in [1.29, 1.82) is 0 Å². The van der Waals surface area contributed by atoms with E-state index in [0.717, 1.165) is 4.47 Å². The van der Waals surface area contributed by atoms with E-state index < -0.39 is 11.5 Å². The van der Waals surface area contributed by atoms with Crippen LogP contribution in [-0.2, 0) is 11.3 Å². The molecule has 0 amide bonds. The minimum absolute atomic E-state index is 0.117. The quantitative estimate of drug-likeness (QED) is 0.697. The molecule has 2 aromatic heterocycles. The highest BCUT2D eigenvalue weighted by molar-refractivity contribution is 9.10. The highest BCUT2D eigenvalue weighted by atomic mass is 79.9. The van der Waals surface area contributed by atoms with Crippen LogP contribution in [0.5, 0.6) is 0 Å². The summed E-state index contributed by atoms with van der Waals surface area (Å²) in [4.78, 5) is 29.1. The zero-order valence-corrected chi connectivity index (χ0v) is 14.4. The summed E-state index contributed by atoms with van der Waals surface area (Å²) < 4.78 is 7.00. The summed E-state index contributed by atoms with van der Waals surface area (Å²) in [6, 6.07) is 10.8. The fourth-order valence-corrected chi connectivity index (χ4v) is 2.91. The predicted molar refractivity (Wildman–Crippen MR) is 95.0 cm³/mol. The number of fused-ring (bicyclic) bond motifs is 1. The largest absolute Gasteiger partial charge is 0.465 e. The Morgan fingerprint density at radius 1 is 1.33 bits per heavy atom. The minimum atomic E-state index is -0.753. The number of nitrogens with two attached hydrogens (primary N) is 1. The molecule has 1 aromatic carbocycles. The molecule has 0 fully saturated rings. The Kier molecular flexibility index (Phi) is 4.35. The van der Waals surface area contributed by atoms with Crippen LogP contribution in [0.4, 0.5) is 5.69 Å². The molecule has 0 aliphatic carbocycles. The van der Waals surface area contributed by atoms with Crippen molar-refractivity contribution in [3.8, 4) is 0 Å². The molecule has 0 unspecified atom stereocenters. The van der Waals surface area contributed by atoms with Crippen LogP contribution in [0.1, 0.15) is 16.1 Å². The zero-order chi connectivity index (χ0) is 17.3. The second kappa shape index (κ2) is 6.45. The van der Waals surface area contributed by atoms with Gasteiger partial charge < -0.3 is 15.0 Å². The van der Waals surface area contributed by atoms with Crippen molar-refractivity contribution in [2.24, 2.45) is 0 Å². The zero-order valence-electron chi connectivity index (χ0n) is 12.8. The van der Waals surface area contributed by atoms with Crippen molar-refractivity contribution < 1.29 is 9.53 Å². The van der Waals surface area contributed by atoms with E-state index in [9.17, 15) is 9.59 Å². The van der Waals surface area contributed by atoms with Crippen LogP contribution in [0, 0.1) is 0 Å². The van der Waals surface area contributed by atoms with E-state index in [2.05, 4.69) is 20.9 Å². The Bertz CT molecular complexity index is 984. The second-order valence-corrected chi connectivity index (χ2v) is 6.07. The maximum absolute atomic E-state index is 12.9. The van der Waals surface area contributed by atoms with Gasteiger partial charge in [-0.05, 0) is 30.3 Å². The van der Waals surface area contributed by atoms with Gasteiger partial charge in [0.05, 0.1) is 30.6 Å². The van der Waals surface area contributed by atoms with Gasteiger partial charge in [-0.25, -0.2) is 4.79 Å². The number of carbonyl (C=O) groups excluding carboxylic acids is 1. The minimum Gasteiger partial charge on any atom is -0.465 e. The van der Waals surface area contributed by atoms with Gasteiger partial charge in [0.2, 0.25) is 0 Å². The number of anilines is 1. The van der Waals surface area contributed by atoms with E-state index in [0.29, 0.717) is 16.6 Å². The van der Waals surface area contributed by atoms with Crippen LogP contribution in [0.2, 0.25) is 0 Å². The normalized spacial score (nSPS) is 10.8. The van der Waals surface area contributed by atoms with Crippen molar-refractivity contribution in [3.63, 3.8) is 0 Å². The van der Waals surface area contributed by atoms with E-state index in [4.69, 9.17) is 10.5 Å². The molecule has 2 heterocycles. The maximum Gasteiger partial charge on any atom is 0.345 e. The number of methoxy groups -OCH3 is 1. The summed E-state index contributed by atoms with van der Waals surface area (Å²) in [6.07, 6.45) is 1.65. The number of pyridine rings is 2. The fourth-order valence-electron chi connectivity index (χ4n) is 2.56. The number of hydrogen-bond acceptors (Lipinski definition) is 5. The molecule has 3 rings (SSSR count). The number of nitrogens with zero attached hydrogens (tertiary/aromatic N) is 2. The number of esters is 1. The molecule has 0 bridgehead atoms. The van der Waals surface area contributed by atoms with E-state index >= 15 is 0 Å². The van der Waals surface area contributed by atoms with E-state index in [1.807, 2.05) is 12.1 Å². The summed E-state index contributed by atoms with van der Waals surface area (Å²) in [5.41, 5.74) is 6.82. The first-order valence-corrected chi connectivity index (χ1v) is 7.92. The monoisotopic (exact) mass is 387 g/mol. The standard InChI is InChI=1S/C17H14BrN3O3/c1-24-17(23)14-15(19)12-6-5-10(18)8-13(12)21(16(14)22)9-11-4-2-3-7-20-11/h2-8H,9,19H2,1H3. The second-order valence-electron chi connectivity index (χ2n) is 5.15. The van der Waals surface area contributed by atoms with Crippen molar-refractivity contribution in [2.75, 3.05) is 12.8 Å². The van der Waals surface area contributed by atoms with E-state index in [1.165, 1.54) is 11.7 Å². The van der Waals surface area contributed by atoms with Crippen LogP contribution < -0.4 is 11.3 Å². The smallest absolute Gasteiger partial charge is 0.345 e. The molecule has 6 nitrogen and oxygen atoms in total. The Morgan fingerprint density at radius 3 is 2.79 bits per heavy atom. The van der Waals surface area contributed by atoms with E-state index in [1.54, 1.807) is 30.5 Å². The molecular weight excluding hydrogens is 374 g/mol. The van der Waals surface area contributed by atoms with Crippen LogP contribution in [0.15, 0.2) is 51.9 Å². The first kappa shape index (κ1) is 16.2. The van der Waals surface area contributed by atoms with Gasteiger partial charge in [-0.15, -0.1) is 0 Å². The number of ether oxygens (including phenoxy) is 1. The average Bonchev–Trinajstić information content (AvgIpc) is 2.59. The number of halogens is 1. The van der Waals surface area contributed by atoms with Crippen LogP contribution >= 0.6 is 15.9 Å². The van der Waals surface area contributed by atoms with Crippen LogP contribution in [-0.4, -0.2) is 22.6 Å². The lowest BCUT2D eigenvalue weighted by Gasteiger charge is -2.15. The topological polar surface area (TPSA) is 87.2 Å². The number of hydrogen-bond donors (Lipinski definition) is 1. The molecule has 0 spiro atoms. The summed E-state index contributed by atoms with van der Waals surface area (Å²) in [6.45, 7) is 0.219. The Hall–Kier alpha value is -2.67. The van der Waals surface area contributed by atoms with Crippen LogP contribution in [0.3, 0.4) is 0 Å². The summed E-state index contributed by atoms with van der Waals surface area (Å²) >= 11 is 3.40. The summed E-state index contributed by atoms with van der Waals surface area (Å²) in [5, 5.41) is 0.606. The lowest BCUT2D eigenvalue weighted by atomic mass is 10.1. The number of rotatable bonds is 3. The average molecular weight is 388 g/mol. The molecule has 0 saturated heterocycles. The molecule has 0 radical (unpaired) electrons. The van der Waals surface area contributed by atoms with Crippen molar-refractivity contribution >= 4 is 38.5 Å². The molecule has 0 saturated carbocycles. The first-order valence-electron chi connectivity index (χ1n) is 7.12. The Labute approximate surface area is 146 Å². The molecule has 122 valence electrons. The molecule has 24 heavy (non-hydrogen) atoms. The van der Waals surface area contributed by atoms with Crippen molar-refractivity contribution in [2.45, 2.75) is 6.54 Å². The van der Waals surface area contributed by atoms with Gasteiger partial charge in [0, 0.05) is 16.1 Å². The number of carbonyl (C=O) groups is 1. The maximum atomic E-state index is 12.9. The third-order valence-corrected chi connectivity index (χ3v) is 4.20. The number of nitrogen functional groups attached to an aromatic ring is 1. The molecule has 2 N–H and O–H groups in total.